The highest BCUT2D eigenvalue weighted by Crippen LogP contribution is 2.20. The first-order valence-corrected chi connectivity index (χ1v) is 11.3. The summed E-state index contributed by atoms with van der Waals surface area (Å²) in [5, 5.41) is 8.96. The van der Waals surface area contributed by atoms with Crippen LogP contribution in [-0.2, 0) is 26.4 Å². The first-order valence-electron chi connectivity index (χ1n) is 11.3. The van der Waals surface area contributed by atoms with Crippen LogP contribution in [0.1, 0.15) is 32.9 Å². The van der Waals surface area contributed by atoms with Crippen LogP contribution < -0.4 is 4.90 Å². The summed E-state index contributed by atoms with van der Waals surface area (Å²) in [5.41, 5.74) is 6.53. The van der Waals surface area contributed by atoms with Gasteiger partial charge < -0.3 is 14.4 Å². The number of aromatic nitrogens is 2. The van der Waals surface area contributed by atoms with E-state index in [9.17, 15) is 4.79 Å². The normalized spacial score (nSPS) is 10.8. The van der Waals surface area contributed by atoms with E-state index in [1.807, 2.05) is 70.7 Å². The number of aryl methyl sites for hydroxylation is 3. The Kier molecular flexibility index (Phi) is 6.65. The van der Waals surface area contributed by atoms with Gasteiger partial charge in [-0.1, -0.05) is 24.3 Å². The molecule has 0 saturated carbocycles. The number of rotatable bonds is 7. The van der Waals surface area contributed by atoms with Crippen molar-refractivity contribution in [1.82, 2.24) is 14.5 Å². The largest absolute Gasteiger partial charge is 0.378 e. The van der Waals surface area contributed by atoms with Gasteiger partial charge in [-0.15, -0.1) is 0 Å². The van der Waals surface area contributed by atoms with Crippen molar-refractivity contribution in [3.8, 4) is 6.07 Å². The first-order chi connectivity index (χ1) is 16.4. The van der Waals surface area contributed by atoms with E-state index in [1.165, 1.54) is 5.56 Å². The molecule has 0 saturated heterocycles. The number of benzene rings is 3. The highest BCUT2D eigenvalue weighted by Gasteiger charge is 2.15. The van der Waals surface area contributed by atoms with Crippen LogP contribution >= 0.6 is 0 Å². The second-order valence-electron chi connectivity index (χ2n) is 8.82. The lowest BCUT2D eigenvalue weighted by molar-refractivity contribution is 0.0785. The number of carbonyl (C=O) groups excluding carboxylic acids is 1. The molecule has 0 spiro atoms. The van der Waals surface area contributed by atoms with Crippen LogP contribution in [0.25, 0.3) is 11.0 Å². The zero-order chi connectivity index (χ0) is 24.2. The Morgan fingerprint density at radius 1 is 0.941 bits per heavy atom. The molecule has 0 fully saturated rings. The van der Waals surface area contributed by atoms with Crippen LogP contribution in [0.2, 0.25) is 0 Å². The maximum atomic E-state index is 13.1. The van der Waals surface area contributed by atoms with Gasteiger partial charge >= 0.3 is 0 Å². The summed E-state index contributed by atoms with van der Waals surface area (Å²) < 4.78 is 2.09. The topological polar surface area (TPSA) is 65.2 Å². The van der Waals surface area contributed by atoms with Gasteiger partial charge in [-0.3, -0.25) is 4.79 Å². The van der Waals surface area contributed by atoms with E-state index >= 15 is 0 Å². The smallest absolute Gasteiger partial charge is 0.253 e. The Hall–Kier alpha value is -4.11. The van der Waals surface area contributed by atoms with Crippen molar-refractivity contribution in [3.05, 3.63) is 94.8 Å². The molecule has 0 aliphatic carbocycles. The Morgan fingerprint density at radius 2 is 1.62 bits per heavy atom. The molecule has 0 unspecified atom stereocenters. The number of hydrogen-bond donors (Lipinski definition) is 0. The Labute approximate surface area is 200 Å². The average molecular weight is 452 g/mol. The molecule has 0 bridgehead atoms. The van der Waals surface area contributed by atoms with Crippen LogP contribution in [0.4, 0.5) is 5.69 Å². The van der Waals surface area contributed by atoms with Gasteiger partial charge in [0.25, 0.3) is 5.91 Å². The van der Waals surface area contributed by atoms with Crippen molar-refractivity contribution >= 4 is 22.6 Å². The fourth-order valence-electron chi connectivity index (χ4n) is 4.07. The quantitative estimate of drug-likeness (QED) is 0.413. The van der Waals surface area contributed by atoms with Gasteiger partial charge in [-0.05, 0) is 60.0 Å². The minimum atomic E-state index is -0.0247. The van der Waals surface area contributed by atoms with Gasteiger partial charge in [0.15, 0.2) is 0 Å². The molecule has 1 aromatic heterocycles. The number of amides is 1. The molecule has 172 valence electrons. The van der Waals surface area contributed by atoms with E-state index in [0.29, 0.717) is 17.7 Å². The van der Waals surface area contributed by atoms with Crippen LogP contribution in [0.3, 0.4) is 0 Å². The third-order valence-corrected chi connectivity index (χ3v) is 6.16. The lowest BCUT2D eigenvalue weighted by atomic mass is 10.1. The molecule has 34 heavy (non-hydrogen) atoms. The molecule has 3 aromatic carbocycles. The predicted octanol–water partition coefficient (Wildman–Crippen LogP) is 4.57. The zero-order valence-corrected chi connectivity index (χ0v) is 20.1. The summed E-state index contributed by atoms with van der Waals surface area (Å²) in [6.07, 6.45) is 1.62. The van der Waals surface area contributed by atoms with Crippen molar-refractivity contribution in [2.45, 2.75) is 19.4 Å². The Bertz CT molecular complexity index is 1340. The number of nitrogens with zero attached hydrogens (tertiary/aromatic N) is 5. The van der Waals surface area contributed by atoms with Crippen molar-refractivity contribution in [1.29, 1.82) is 5.26 Å². The summed E-state index contributed by atoms with van der Waals surface area (Å²) in [5.74, 6) is 0.946. The zero-order valence-electron chi connectivity index (χ0n) is 20.1. The van der Waals surface area contributed by atoms with E-state index in [0.717, 1.165) is 41.0 Å². The minimum absolute atomic E-state index is 0.0247. The SMILES string of the molecule is CN(Cc1ccc(N(C)C)cc1)C(=O)c1ccc2c(c1)nc(CCc1ccc(C#N)cc1)n2C. The minimum Gasteiger partial charge on any atom is -0.378 e. The summed E-state index contributed by atoms with van der Waals surface area (Å²) in [4.78, 5) is 21.7. The molecule has 6 nitrogen and oxygen atoms in total. The van der Waals surface area contributed by atoms with Gasteiger partial charge in [0.05, 0.1) is 22.7 Å². The highest BCUT2D eigenvalue weighted by molar-refractivity contribution is 5.97. The van der Waals surface area contributed by atoms with Crippen LogP contribution in [0.5, 0.6) is 0 Å². The number of nitriles is 1. The summed E-state index contributed by atoms with van der Waals surface area (Å²) in [6.45, 7) is 0.544. The fraction of sp³-hybridized carbons (Fsp3) is 0.250. The second-order valence-corrected chi connectivity index (χ2v) is 8.82. The molecule has 0 radical (unpaired) electrons. The van der Waals surface area contributed by atoms with Gasteiger partial charge in [0.1, 0.15) is 5.82 Å². The van der Waals surface area contributed by atoms with E-state index in [2.05, 4.69) is 39.8 Å². The molecule has 1 amide bonds. The van der Waals surface area contributed by atoms with Crippen LogP contribution in [0, 0.1) is 11.3 Å². The van der Waals surface area contributed by atoms with Crippen molar-refractivity contribution < 1.29 is 4.79 Å². The monoisotopic (exact) mass is 451 g/mol. The highest BCUT2D eigenvalue weighted by atomic mass is 16.2. The molecule has 0 N–H and O–H groups in total. The molecule has 0 atom stereocenters. The predicted molar refractivity (Wildman–Crippen MR) is 136 cm³/mol. The number of fused-ring (bicyclic) bond motifs is 1. The van der Waals surface area contributed by atoms with Gasteiger partial charge in [0.2, 0.25) is 0 Å². The molecule has 4 rings (SSSR count). The number of carbonyl (C=O) groups is 1. The molecule has 0 aliphatic heterocycles. The number of anilines is 1. The van der Waals surface area contributed by atoms with E-state index in [1.54, 1.807) is 4.90 Å². The molecular formula is C28H29N5O. The lowest BCUT2D eigenvalue weighted by Crippen LogP contribution is -2.26. The molecule has 4 aromatic rings. The van der Waals surface area contributed by atoms with E-state index < -0.39 is 0 Å². The maximum absolute atomic E-state index is 13.1. The average Bonchev–Trinajstić information content (AvgIpc) is 3.17. The molecule has 6 heteroatoms. The molecular weight excluding hydrogens is 422 g/mol. The van der Waals surface area contributed by atoms with E-state index in [4.69, 9.17) is 10.2 Å². The summed E-state index contributed by atoms with van der Waals surface area (Å²) in [6, 6.07) is 23.8. The second kappa shape index (κ2) is 9.80. The van der Waals surface area contributed by atoms with Crippen LogP contribution in [-0.4, -0.2) is 41.5 Å². The van der Waals surface area contributed by atoms with Crippen molar-refractivity contribution in [3.63, 3.8) is 0 Å². The summed E-state index contributed by atoms with van der Waals surface area (Å²) in [7, 11) is 7.86. The summed E-state index contributed by atoms with van der Waals surface area (Å²) >= 11 is 0. The standard InChI is InChI=1S/C28H29N5O/c1-31(2)24-13-9-22(10-14-24)19-32(3)28(34)23-12-15-26-25(17-23)30-27(33(26)4)16-11-20-5-7-21(18-29)8-6-20/h5-10,12-15,17H,11,16,19H2,1-4H3. The Balaban J connectivity index is 1.46. The third-order valence-electron chi connectivity index (χ3n) is 6.16. The van der Waals surface area contributed by atoms with Crippen LogP contribution in [0.15, 0.2) is 66.7 Å². The third kappa shape index (κ3) is 4.94. The van der Waals surface area contributed by atoms with E-state index in [-0.39, 0.29) is 5.91 Å². The van der Waals surface area contributed by atoms with Crippen molar-refractivity contribution in [2.24, 2.45) is 7.05 Å². The number of imidazole rings is 1. The number of hydrogen-bond acceptors (Lipinski definition) is 4. The first kappa shape index (κ1) is 23.1. The fourth-order valence-corrected chi connectivity index (χ4v) is 4.07. The van der Waals surface area contributed by atoms with Crippen molar-refractivity contribution in [2.75, 3.05) is 26.0 Å². The molecule has 0 aliphatic rings. The van der Waals surface area contributed by atoms with Gasteiger partial charge in [0, 0.05) is 52.4 Å². The Morgan fingerprint density at radius 3 is 2.26 bits per heavy atom. The lowest BCUT2D eigenvalue weighted by Gasteiger charge is -2.18. The van der Waals surface area contributed by atoms with Gasteiger partial charge in [-0.25, -0.2) is 4.98 Å². The molecule has 1 heterocycles. The maximum Gasteiger partial charge on any atom is 0.253 e. The van der Waals surface area contributed by atoms with Gasteiger partial charge in [-0.2, -0.15) is 5.26 Å².